The zero-order valence-electron chi connectivity index (χ0n) is 10.9. The van der Waals surface area contributed by atoms with Crippen molar-refractivity contribution in [1.29, 1.82) is 0 Å². The number of primary amides is 1. The lowest BCUT2D eigenvalue weighted by atomic mass is 10.1. The number of benzene rings is 2. The maximum atomic E-state index is 13.7. The van der Waals surface area contributed by atoms with E-state index >= 15 is 0 Å². The fourth-order valence-electron chi connectivity index (χ4n) is 2.25. The third kappa shape index (κ3) is 2.50. The summed E-state index contributed by atoms with van der Waals surface area (Å²) in [4.78, 5) is 11.4. The summed E-state index contributed by atoms with van der Waals surface area (Å²) in [5, 5.41) is 1.05. The van der Waals surface area contributed by atoms with E-state index in [4.69, 9.17) is 21.8 Å². The summed E-state index contributed by atoms with van der Waals surface area (Å²) >= 11 is 6.10. The van der Waals surface area contributed by atoms with Gasteiger partial charge in [-0.15, -0.1) is 0 Å². The lowest BCUT2D eigenvalue weighted by molar-refractivity contribution is 0.100. The van der Waals surface area contributed by atoms with Crippen molar-refractivity contribution in [2.24, 2.45) is 5.73 Å². The summed E-state index contributed by atoms with van der Waals surface area (Å²) < 4.78 is 19.3. The molecule has 1 heterocycles. The average molecular weight is 304 g/mol. The van der Waals surface area contributed by atoms with E-state index in [1.54, 1.807) is 30.3 Å². The van der Waals surface area contributed by atoms with Crippen molar-refractivity contribution in [3.8, 4) is 0 Å². The number of furan rings is 1. The van der Waals surface area contributed by atoms with E-state index in [1.165, 1.54) is 12.1 Å². The van der Waals surface area contributed by atoms with Crippen molar-refractivity contribution in [3.05, 3.63) is 70.2 Å². The zero-order valence-corrected chi connectivity index (χ0v) is 11.7. The number of amides is 1. The second kappa shape index (κ2) is 5.22. The number of hydrogen-bond acceptors (Lipinski definition) is 2. The molecule has 0 saturated carbocycles. The Balaban J connectivity index is 2.09. The van der Waals surface area contributed by atoms with Gasteiger partial charge >= 0.3 is 0 Å². The molecule has 0 saturated heterocycles. The second-order valence-corrected chi connectivity index (χ2v) is 5.09. The van der Waals surface area contributed by atoms with Crippen molar-refractivity contribution < 1.29 is 13.6 Å². The van der Waals surface area contributed by atoms with Crippen molar-refractivity contribution in [3.63, 3.8) is 0 Å². The molecule has 3 nitrogen and oxygen atoms in total. The van der Waals surface area contributed by atoms with Crippen LogP contribution in [-0.4, -0.2) is 5.91 Å². The van der Waals surface area contributed by atoms with Gasteiger partial charge in [0.05, 0.1) is 10.6 Å². The second-order valence-electron chi connectivity index (χ2n) is 4.68. The Morgan fingerprint density at radius 3 is 2.71 bits per heavy atom. The lowest BCUT2D eigenvalue weighted by Crippen LogP contribution is -2.10. The molecule has 0 fully saturated rings. The van der Waals surface area contributed by atoms with E-state index in [2.05, 4.69) is 0 Å². The maximum absolute atomic E-state index is 13.7. The Hall–Kier alpha value is -2.33. The molecular formula is C16H11ClFNO2. The first kappa shape index (κ1) is 13.6. The number of fused-ring (bicyclic) bond motifs is 1. The highest BCUT2D eigenvalue weighted by Crippen LogP contribution is 2.30. The van der Waals surface area contributed by atoms with Gasteiger partial charge in [-0.1, -0.05) is 29.8 Å². The summed E-state index contributed by atoms with van der Waals surface area (Å²) in [6.45, 7) is 0. The predicted molar refractivity (Wildman–Crippen MR) is 78.9 cm³/mol. The summed E-state index contributed by atoms with van der Waals surface area (Å²) in [5.41, 5.74) is 6.41. The largest absolute Gasteiger partial charge is 0.460 e. The van der Waals surface area contributed by atoms with Crippen LogP contribution in [0.4, 0.5) is 4.39 Å². The molecule has 0 spiro atoms. The average Bonchev–Trinajstić information content (AvgIpc) is 2.86. The van der Waals surface area contributed by atoms with Gasteiger partial charge in [-0.2, -0.15) is 0 Å². The van der Waals surface area contributed by atoms with Gasteiger partial charge in [-0.25, -0.2) is 4.39 Å². The summed E-state index contributed by atoms with van der Waals surface area (Å²) in [6, 6.07) is 11.3. The standard InChI is InChI=1S/C16H11ClFNO2/c17-13-6-5-11(16(19)20)15-12(13)8-10(21-15)7-9-3-1-2-4-14(9)18/h1-6,8H,7H2,(H2,19,20). The van der Waals surface area contributed by atoms with Crippen LogP contribution in [0.15, 0.2) is 46.9 Å². The molecule has 0 atom stereocenters. The van der Waals surface area contributed by atoms with Crippen molar-refractivity contribution >= 4 is 28.5 Å². The molecule has 3 aromatic rings. The molecular weight excluding hydrogens is 293 g/mol. The van der Waals surface area contributed by atoms with Gasteiger partial charge in [0.2, 0.25) is 0 Å². The first-order chi connectivity index (χ1) is 10.1. The number of hydrogen-bond donors (Lipinski definition) is 1. The van der Waals surface area contributed by atoms with Crippen LogP contribution in [-0.2, 0) is 6.42 Å². The molecule has 1 amide bonds. The van der Waals surface area contributed by atoms with Crippen LogP contribution in [0.5, 0.6) is 0 Å². The number of carbonyl (C=O) groups is 1. The van der Waals surface area contributed by atoms with Gasteiger partial charge in [-0.3, -0.25) is 4.79 Å². The van der Waals surface area contributed by atoms with Gasteiger partial charge in [0.15, 0.2) is 0 Å². The third-order valence-corrected chi connectivity index (χ3v) is 3.60. The van der Waals surface area contributed by atoms with Crippen LogP contribution in [0.1, 0.15) is 21.7 Å². The minimum absolute atomic E-state index is 0.259. The fraction of sp³-hybridized carbons (Fsp3) is 0.0625. The van der Waals surface area contributed by atoms with E-state index in [-0.39, 0.29) is 17.8 Å². The smallest absolute Gasteiger partial charge is 0.252 e. The van der Waals surface area contributed by atoms with E-state index in [0.29, 0.717) is 27.3 Å². The van der Waals surface area contributed by atoms with Crippen LogP contribution in [0.2, 0.25) is 5.02 Å². The molecule has 1 aromatic heterocycles. The van der Waals surface area contributed by atoms with Crippen molar-refractivity contribution in [2.75, 3.05) is 0 Å². The molecule has 0 aliphatic heterocycles. The molecule has 2 aromatic carbocycles. The van der Waals surface area contributed by atoms with Gasteiger partial charge in [0.25, 0.3) is 5.91 Å². The van der Waals surface area contributed by atoms with Crippen LogP contribution in [0.25, 0.3) is 11.0 Å². The normalized spacial score (nSPS) is 11.0. The van der Waals surface area contributed by atoms with E-state index in [1.807, 2.05) is 0 Å². The highest BCUT2D eigenvalue weighted by molar-refractivity contribution is 6.35. The van der Waals surface area contributed by atoms with Crippen LogP contribution < -0.4 is 5.73 Å². The monoisotopic (exact) mass is 303 g/mol. The molecule has 5 heteroatoms. The fourth-order valence-corrected chi connectivity index (χ4v) is 2.46. The van der Waals surface area contributed by atoms with Gasteiger partial charge in [0.1, 0.15) is 17.2 Å². The Kier molecular flexibility index (Phi) is 3.39. The van der Waals surface area contributed by atoms with Crippen LogP contribution in [0.3, 0.4) is 0 Å². The van der Waals surface area contributed by atoms with Gasteiger partial charge in [0, 0.05) is 11.8 Å². The Morgan fingerprint density at radius 2 is 2.00 bits per heavy atom. The summed E-state index contributed by atoms with van der Waals surface area (Å²) in [6.07, 6.45) is 0.274. The molecule has 0 aliphatic rings. The van der Waals surface area contributed by atoms with Gasteiger partial charge in [-0.05, 0) is 29.8 Å². The molecule has 0 unspecified atom stereocenters. The minimum Gasteiger partial charge on any atom is -0.460 e. The number of carbonyl (C=O) groups excluding carboxylic acids is 1. The molecule has 2 N–H and O–H groups in total. The predicted octanol–water partition coefficient (Wildman–Crippen LogP) is 3.92. The topological polar surface area (TPSA) is 56.2 Å². The van der Waals surface area contributed by atoms with E-state index < -0.39 is 5.91 Å². The number of nitrogens with two attached hydrogens (primary N) is 1. The van der Waals surface area contributed by atoms with Crippen LogP contribution in [0, 0.1) is 5.82 Å². The molecule has 0 bridgehead atoms. The third-order valence-electron chi connectivity index (χ3n) is 3.27. The van der Waals surface area contributed by atoms with Gasteiger partial charge < -0.3 is 10.2 Å². The Labute approximate surface area is 125 Å². The quantitative estimate of drug-likeness (QED) is 0.797. The highest BCUT2D eigenvalue weighted by Gasteiger charge is 2.15. The Morgan fingerprint density at radius 1 is 1.24 bits per heavy atom. The minimum atomic E-state index is -0.594. The maximum Gasteiger partial charge on any atom is 0.252 e. The van der Waals surface area contributed by atoms with E-state index in [0.717, 1.165) is 0 Å². The molecule has 0 radical (unpaired) electrons. The number of halogens is 2. The zero-order chi connectivity index (χ0) is 15.0. The first-order valence-electron chi connectivity index (χ1n) is 6.30. The molecule has 3 rings (SSSR count). The van der Waals surface area contributed by atoms with Crippen molar-refractivity contribution in [1.82, 2.24) is 0 Å². The first-order valence-corrected chi connectivity index (χ1v) is 6.68. The molecule has 106 valence electrons. The van der Waals surface area contributed by atoms with Crippen molar-refractivity contribution in [2.45, 2.75) is 6.42 Å². The lowest BCUT2D eigenvalue weighted by Gasteiger charge is -2.00. The molecule has 0 aliphatic carbocycles. The molecule has 21 heavy (non-hydrogen) atoms. The summed E-state index contributed by atoms with van der Waals surface area (Å²) in [7, 11) is 0. The van der Waals surface area contributed by atoms with E-state index in [9.17, 15) is 9.18 Å². The summed E-state index contributed by atoms with van der Waals surface area (Å²) in [5.74, 6) is -0.381. The highest BCUT2D eigenvalue weighted by atomic mass is 35.5. The number of rotatable bonds is 3. The van der Waals surface area contributed by atoms with Crippen LogP contribution >= 0.6 is 11.6 Å². The Bertz CT molecular complexity index is 841. The SMILES string of the molecule is NC(=O)c1ccc(Cl)c2cc(Cc3ccccc3F)oc12.